The molecule has 1 aromatic carbocycles. The number of hydrogen-bond acceptors (Lipinski definition) is 5. The molecule has 3 rings (SSSR count). The first-order valence-corrected chi connectivity index (χ1v) is 7.49. The second kappa shape index (κ2) is 6.53. The third-order valence-corrected chi connectivity index (χ3v) is 3.91. The summed E-state index contributed by atoms with van der Waals surface area (Å²) in [6, 6.07) is 8.66. The summed E-state index contributed by atoms with van der Waals surface area (Å²) in [5, 5.41) is 10.7. The van der Waals surface area contributed by atoms with Gasteiger partial charge in [0.05, 0.1) is 16.7 Å². The lowest BCUT2D eigenvalue weighted by Crippen LogP contribution is -2.35. The van der Waals surface area contributed by atoms with Crippen LogP contribution in [0.1, 0.15) is 24.6 Å². The molecule has 0 radical (unpaired) electrons. The maximum absolute atomic E-state index is 11.5. The number of amides is 2. The lowest BCUT2D eigenvalue weighted by atomic mass is 10.1. The maximum atomic E-state index is 11.5. The predicted octanol–water partition coefficient (Wildman–Crippen LogP) is 3.00. The molecule has 1 aliphatic rings. The first-order chi connectivity index (χ1) is 11.5. The molecule has 0 aliphatic carbocycles. The van der Waals surface area contributed by atoms with Crippen molar-refractivity contribution in [2.45, 2.75) is 18.9 Å². The fourth-order valence-corrected chi connectivity index (χ4v) is 2.78. The molecule has 0 spiro atoms. The van der Waals surface area contributed by atoms with Crippen LogP contribution in [0.4, 0.5) is 10.5 Å². The van der Waals surface area contributed by atoms with Gasteiger partial charge in [0.25, 0.3) is 5.69 Å². The Kier molecular flexibility index (Phi) is 4.28. The molecule has 1 saturated heterocycles. The van der Waals surface area contributed by atoms with Crippen LogP contribution in [0.3, 0.4) is 0 Å². The van der Waals surface area contributed by atoms with Crippen molar-refractivity contribution in [3.8, 4) is 11.5 Å². The standard InChI is InChI=1S/C16H16N4O4/c17-16(21)19-9-1-2-15(19)14-10-13(7-8-18-14)24-12-5-3-11(4-6-12)20(22)23/h3-8,10,15H,1-2,9H2,(H2,17,21). The number of nitro benzene ring substituents is 1. The number of likely N-dealkylation sites (tertiary alicyclic amines) is 1. The Labute approximate surface area is 138 Å². The molecule has 1 aliphatic heterocycles. The van der Waals surface area contributed by atoms with Crippen molar-refractivity contribution in [3.63, 3.8) is 0 Å². The van der Waals surface area contributed by atoms with Crippen molar-refractivity contribution >= 4 is 11.7 Å². The van der Waals surface area contributed by atoms with Crippen molar-refractivity contribution in [1.29, 1.82) is 0 Å². The van der Waals surface area contributed by atoms with E-state index in [1.54, 1.807) is 23.2 Å². The minimum absolute atomic E-state index is 0.000762. The first kappa shape index (κ1) is 15.7. The van der Waals surface area contributed by atoms with E-state index in [2.05, 4.69) is 4.98 Å². The average Bonchev–Trinajstić information content (AvgIpc) is 3.05. The highest BCUT2D eigenvalue weighted by atomic mass is 16.6. The second-order valence-electron chi connectivity index (χ2n) is 5.46. The number of pyridine rings is 1. The van der Waals surface area contributed by atoms with Crippen LogP contribution in [-0.2, 0) is 0 Å². The number of carbonyl (C=O) groups is 1. The van der Waals surface area contributed by atoms with Gasteiger partial charge in [-0.2, -0.15) is 0 Å². The van der Waals surface area contributed by atoms with E-state index in [0.717, 1.165) is 12.8 Å². The zero-order chi connectivity index (χ0) is 17.1. The first-order valence-electron chi connectivity index (χ1n) is 7.49. The summed E-state index contributed by atoms with van der Waals surface area (Å²) in [5.74, 6) is 1.03. The van der Waals surface area contributed by atoms with Crippen LogP contribution in [0, 0.1) is 10.1 Å². The van der Waals surface area contributed by atoms with Crippen LogP contribution in [0.25, 0.3) is 0 Å². The monoisotopic (exact) mass is 328 g/mol. The molecule has 8 nitrogen and oxygen atoms in total. The number of hydrogen-bond donors (Lipinski definition) is 1. The molecule has 1 atom stereocenters. The number of nitrogens with two attached hydrogens (primary N) is 1. The SMILES string of the molecule is NC(=O)N1CCCC1c1cc(Oc2ccc([N+](=O)[O-])cc2)ccn1. The lowest BCUT2D eigenvalue weighted by molar-refractivity contribution is -0.384. The Balaban J connectivity index is 1.78. The molecule has 1 fully saturated rings. The fourth-order valence-electron chi connectivity index (χ4n) is 2.78. The Morgan fingerprint density at radius 3 is 2.71 bits per heavy atom. The van der Waals surface area contributed by atoms with E-state index < -0.39 is 11.0 Å². The van der Waals surface area contributed by atoms with Crippen LogP contribution in [-0.4, -0.2) is 27.4 Å². The number of ether oxygens (including phenoxy) is 1. The molecule has 2 heterocycles. The predicted molar refractivity (Wildman–Crippen MR) is 85.7 cm³/mol. The maximum Gasteiger partial charge on any atom is 0.315 e. The Hall–Kier alpha value is -3.16. The van der Waals surface area contributed by atoms with Crippen LogP contribution in [0.15, 0.2) is 42.6 Å². The molecule has 2 amide bonds. The van der Waals surface area contributed by atoms with E-state index in [4.69, 9.17) is 10.5 Å². The van der Waals surface area contributed by atoms with Crippen molar-refractivity contribution in [2.24, 2.45) is 5.73 Å². The van der Waals surface area contributed by atoms with Crippen LogP contribution < -0.4 is 10.5 Å². The molecular formula is C16H16N4O4. The number of aromatic nitrogens is 1. The number of rotatable bonds is 4. The molecule has 1 unspecified atom stereocenters. The van der Waals surface area contributed by atoms with Gasteiger partial charge in [-0.15, -0.1) is 0 Å². The zero-order valence-electron chi connectivity index (χ0n) is 12.8. The average molecular weight is 328 g/mol. The Morgan fingerprint density at radius 1 is 1.29 bits per heavy atom. The topological polar surface area (TPSA) is 112 Å². The number of nitro groups is 1. The van der Waals surface area contributed by atoms with Gasteiger partial charge < -0.3 is 15.4 Å². The Morgan fingerprint density at radius 2 is 2.04 bits per heavy atom. The van der Waals surface area contributed by atoms with Gasteiger partial charge in [0.2, 0.25) is 0 Å². The summed E-state index contributed by atoms with van der Waals surface area (Å²) < 4.78 is 5.71. The molecule has 24 heavy (non-hydrogen) atoms. The van der Waals surface area contributed by atoms with Crippen LogP contribution in [0.2, 0.25) is 0 Å². The summed E-state index contributed by atoms with van der Waals surface area (Å²) >= 11 is 0. The van der Waals surface area contributed by atoms with Gasteiger partial charge in [0.15, 0.2) is 0 Å². The van der Waals surface area contributed by atoms with Gasteiger partial charge in [-0.3, -0.25) is 15.1 Å². The van der Waals surface area contributed by atoms with E-state index in [0.29, 0.717) is 23.7 Å². The van der Waals surface area contributed by atoms with Crippen LogP contribution >= 0.6 is 0 Å². The minimum Gasteiger partial charge on any atom is -0.457 e. The van der Waals surface area contributed by atoms with Gasteiger partial charge in [-0.05, 0) is 31.0 Å². The summed E-state index contributed by atoms with van der Waals surface area (Å²) in [4.78, 5) is 27.6. The van der Waals surface area contributed by atoms with Crippen LogP contribution in [0.5, 0.6) is 11.5 Å². The fraction of sp³-hybridized carbons (Fsp3) is 0.250. The molecule has 2 N–H and O–H groups in total. The Bertz CT molecular complexity index is 763. The highest BCUT2D eigenvalue weighted by molar-refractivity contribution is 5.72. The molecule has 2 aromatic rings. The second-order valence-corrected chi connectivity index (χ2v) is 5.46. The van der Waals surface area contributed by atoms with Gasteiger partial charge in [0, 0.05) is 30.9 Å². The van der Waals surface area contributed by atoms with Gasteiger partial charge >= 0.3 is 6.03 Å². The normalized spacial score (nSPS) is 16.8. The van der Waals surface area contributed by atoms with Crippen molar-refractivity contribution in [3.05, 3.63) is 58.4 Å². The minimum atomic E-state index is -0.465. The van der Waals surface area contributed by atoms with Crippen molar-refractivity contribution in [1.82, 2.24) is 9.88 Å². The molecule has 0 bridgehead atoms. The van der Waals surface area contributed by atoms with E-state index in [1.165, 1.54) is 24.3 Å². The number of benzene rings is 1. The summed E-state index contributed by atoms with van der Waals surface area (Å²) in [6.07, 6.45) is 3.28. The molecule has 0 saturated carbocycles. The van der Waals surface area contributed by atoms with E-state index in [9.17, 15) is 14.9 Å². The quantitative estimate of drug-likeness (QED) is 0.685. The summed E-state index contributed by atoms with van der Waals surface area (Å²) in [6.45, 7) is 0.620. The van der Waals surface area contributed by atoms with E-state index in [-0.39, 0.29) is 11.7 Å². The third-order valence-electron chi connectivity index (χ3n) is 3.91. The number of carbonyl (C=O) groups excluding carboxylic acids is 1. The molecule has 1 aromatic heterocycles. The highest BCUT2D eigenvalue weighted by Crippen LogP contribution is 2.32. The van der Waals surface area contributed by atoms with Crippen molar-refractivity contribution in [2.75, 3.05) is 6.54 Å². The van der Waals surface area contributed by atoms with E-state index in [1.807, 2.05) is 0 Å². The summed E-state index contributed by atoms with van der Waals surface area (Å²) in [7, 11) is 0. The largest absolute Gasteiger partial charge is 0.457 e. The van der Waals surface area contributed by atoms with Crippen molar-refractivity contribution < 1.29 is 14.5 Å². The zero-order valence-corrected chi connectivity index (χ0v) is 12.8. The van der Waals surface area contributed by atoms with Gasteiger partial charge in [-0.25, -0.2) is 4.79 Å². The number of primary amides is 1. The number of nitrogens with zero attached hydrogens (tertiary/aromatic N) is 3. The smallest absolute Gasteiger partial charge is 0.315 e. The number of urea groups is 1. The lowest BCUT2D eigenvalue weighted by Gasteiger charge is -2.22. The third kappa shape index (κ3) is 3.27. The van der Waals surface area contributed by atoms with Gasteiger partial charge in [0.1, 0.15) is 11.5 Å². The molecular weight excluding hydrogens is 312 g/mol. The van der Waals surface area contributed by atoms with Gasteiger partial charge in [-0.1, -0.05) is 0 Å². The van der Waals surface area contributed by atoms with E-state index >= 15 is 0 Å². The summed E-state index contributed by atoms with van der Waals surface area (Å²) in [5.41, 5.74) is 6.11. The molecule has 124 valence electrons. The molecule has 8 heteroatoms. The number of non-ortho nitro benzene ring substituents is 1. The highest BCUT2D eigenvalue weighted by Gasteiger charge is 2.29.